The molecule has 0 aliphatic carbocycles. The number of benzene rings is 3. The van der Waals surface area contributed by atoms with Gasteiger partial charge in [-0.05, 0) is 42.3 Å². The van der Waals surface area contributed by atoms with Crippen LogP contribution in [0.3, 0.4) is 0 Å². The number of para-hydroxylation sites is 1. The van der Waals surface area contributed by atoms with Crippen molar-refractivity contribution in [3.8, 4) is 11.5 Å². The predicted molar refractivity (Wildman–Crippen MR) is 135 cm³/mol. The van der Waals surface area contributed by atoms with Crippen molar-refractivity contribution in [1.29, 1.82) is 0 Å². The minimum Gasteiger partial charge on any atom is -0.493 e. The molecule has 10 heteroatoms. The van der Waals surface area contributed by atoms with Crippen LogP contribution in [-0.2, 0) is 16.0 Å². The maximum absolute atomic E-state index is 13.6. The van der Waals surface area contributed by atoms with Gasteiger partial charge in [0.15, 0.2) is 11.5 Å². The van der Waals surface area contributed by atoms with Crippen molar-refractivity contribution in [1.82, 2.24) is 4.90 Å². The van der Waals surface area contributed by atoms with Crippen LogP contribution in [0.25, 0.3) is 0 Å². The maximum Gasteiger partial charge on any atom is 0.270 e. The van der Waals surface area contributed by atoms with Crippen LogP contribution in [0.2, 0.25) is 0 Å². The molecule has 37 heavy (non-hydrogen) atoms. The monoisotopic (exact) mass is 503 g/mol. The van der Waals surface area contributed by atoms with Crippen molar-refractivity contribution in [3.05, 3.63) is 94.0 Å². The molecule has 10 nitrogen and oxygen atoms in total. The van der Waals surface area contributed by atoms with Crippen LogP contribution in [0.15, 0.2) is 72.8 Å². The van der Waals surface area contributed by atoms with E-state index in [4.69, 9.17) is 9.47 Å². The van der Waals surface area contributed by atoms with Crippen molar-refractivity contribution in [2.45, 2.75) is 18.9 Å². The zero-order chi connectivity index (χ0) is 26.5. The lowest BCUT2D eigenvalue weighted by atomic mass is 10.1. The first-order valence-corrected chi connectivity index (χ1v) is 11.5. The largest absolute Gasteiger partial charge is 0.493 e. The van der Waals surface area contributed by atoms with Crippen molar-refractivity contribution < 1.29 is 28.8 Å². The van der Waals surface area contributed by atoms with Crippen LogP contribution < -0.4 is 14.4 Å². The molecule has 1 aliphatic rings. The summed E-state index contributed by atoms with van der Waals surface area (Å²) in [4.78, 5) is 53.0. The van der Waals surface area contributed by atoms with E-state index in [1.165, 1.54) is 43.4 Å². The molecular weight excluding hydrogens is 478 g/mol. The Kier molecular flexibility index (Phi) is 7.47. The second-order valence-corrected chi connectivity index (χ2v) is 8.37. The highest BCUT2D eigenvalue weighted by atomic mass is 16.6. The molecule has 0 aromatic heterocycles. The van der Waals surface area contributed by atoms with Crippen molar-refractivity contribution in [2.24, 2.45) is 0 Å². The molecule has 0 spiro atoms. The van der Waals surface area contributed by atoms with Crippen LogP contribution in [0.4, 0.5) is 11.4 Å². The Hall–Kier alpha value is -4.73. The van der Waals surface area contributed by atoms with Gasteiger partial charge in [-0.2, -0.15) is 0 Å². The highest BCUT2D eigenvalue weighted by molar-refractivity contribution is 6.23. The molecule has 4 rings (SSSR count). The molecule has 0 bridgehead atoms. The summed E-state index contributed by atoms with van der Waals surface area (Å²) >= 11 is 0. The molecule has 1 aliphatic heterocycles. The number of carbonyl (C=O) groups excluding carboxylic acids is 3. The van der Waals surface area contributed by atoms with E-state index in [0.717, 1.165) is 10.5 Å². The Morgan fingerprint density at radius 2 is 1.73 bits per heavy atom. The molecule has 1 unspecified atom stereocenters. The third-order valence-electron chi connectivity index (χ3n) is 6.17. The van der Waals surface area contributed by atoms with Crippen LogP contribution in [0.5, 0.6) is 11.5 Å². The number of rotatable bonds is 9. The SMILES string of the molecule is COc1ccc(CCN(C(=O)c2cccc([N+](=O)[O-])c2)C2CC(=O)N(c3ccccc3)C2=O)cc1OC. The average molecular weight is 504 g/mol. The van der Waals surface area contributed by atoms with E-state index < -0.39 is 28.7 Å². The average Bonchev–Trinajstić information content (AvgIpc) is 3.22. The molecule has 190 valence electrons. The first-order valence-electron chi connectivity index (χ1n) is 11.5. The number of ether oxygens (including phenoxy) is 2. The second kappa shape index (κ2) is 10.9. The number of anilines is 1. The van der Waals surface area contributed by atoms with Gasteiger partial charge in [0, 0.05) is 24.2 Å². The van der Waals surface area contributed by atoms with Gasteiger partial charge in [0.2, 0.25) is 5.91 Å². The molecule has 1 atom stereocenters. The van der Waals surface area contributed by atoms with Gasteiger partial charge in [0.05, 0.1) is 31.3 Å². The Morgan fingerprint density at radius 1 is 1.00 bits per heavy atom. The summed E-state index contributed by atoms with van der Waals surface area (Å²) in [6.45, 7) is 0.0866. The zero-order valence-electron chi connectivity index (χ0n) is 20.3. The lowest BCUT2D eigenvalue weighted by Crippen LogP contribution is -2.46. The van der Waals surface area contributed by atoms with E-state index in [0.29, 0.717) is 23.6 Å². The maximum atomic E-state index is 13.6. The fourth-order valence-corrected chi connectivity index (χ4v) is 4.31. The summed E-state index contributed by atoms with van der Waals surface area (Å²) < 4.78 is 10.6. The van der Waals surface area contributed by atoms with E-state index in [1.807, 2.05) is 6.07 Å². The van der Waals surface area contributed by atoms with Crippen LogP contribution in [0, 0.1) is 10.1 Å². The molecule has 3 aromatic carbocycles. The Morgan fingerprint density at radius 3 is 2.41 bits per heavy atom. The first kappa shape index (κ1) is 25.4. The standard InChI is InChI=1S/C27H25N3O7/c1-36-23-12-11-18(15-24(23)37-2)13-14-28(26(32)19-7-6-10-21(16-19)30(34)35)22-17-25(31)29(27(22)33)20-8-4-3-5-9-20/h3-12,15-16,22H,13-14,17H2,1-2H3. The molecule has 1 heterocycles. The number of hydrogen-bond acceptors (Lipinski definition) is 7. The van der Waals surface area contributed by atoms with E-state index in [1.54, 1.807) is 42.5 Å². The summed E-state index contributed by atoms with van der Waals surface area (Å²) in [5.41, 5.74) is 1.04. The lowest BCUT2D eigenvalue weighted by Gasteiger charge is -2.28. The third kappa shape index (κ3) is 5.27. The summed E-state index contributed by atoms with van der Waals surface area (Å²) in [5, 5.41) is 11.3. The van der Waals surface area contributed by atoms with Gasteiger partial charge in [0.1, 0.15) is 6.04 Å². The topological polar surface area (TPSA) is 119 Å². The predicted octanol–water partition coefficient (Wildman–Crippen LogP) is 3.63. The third-order valence-corrected chi connectivity index (χ3v) is 6.17. The summed E-state index contributed by atoms with van der Waals surface area (Å²) in [6.07, 6.45) is 0.144. The molecule has 0 N–H and O–H groups in total. The van der Waals surface area contributed by atoms with Gasteiger partial charge >= 0.3 is 0 Å². The van der Waals surface area contributed by atoms with Crippen molar-refractivity contribution >= 4 is 29.1 Å². The minimum absolute atomic E-state index is 0.0555. The van der Waals surface area contributed by atoms with Gasteiger partial charge in [-0.25, -0.2) is 4.90 Å². The normalized spacial score (nSPS) is 15.0. The molecule has 3 amide bonds. The summed E-state index contributed by atoms with van der Waals surface area (Å²) in [5.74, 6) is -0.471. The van der Waals surface area contributed by atoms with Crippen molar-refractivity contribution in [2.75, 3.05) is 25.7 Å². The van der Waals surface area contributed by atoms with Gasteiger partial charge in [0.25, 0.3) is 17.5 Å². The molecule has 3 aromatic rings. The summed E-state index contributed by atoms with van der Waals surface area (Å²) in [7, 11) is 3.04. The number of hydrogen-bond donors (Lipinski definition) is 0. The minimum atomic E-state index is -1.06. The van der Waals surface area contributed by atoms with Crippen molar-refractivity contribution in [3.63, 3.8) is 0 Å². The number of carbonyl (C=O) groups is 3. The Balaban J connectivity index is 1.66. The van der Waals surface area contributed by atoms with E-state index in [-0.39, 0.29) is 24.2 Å². The van der Waals surface area contributed by atoms with E-state index >= 15 is 0 Å². The number of non-ortho nitro benzene ring substituents is 1. The molecule has 1 fully saturated rings. The van der Waals surface area contributed by atoms with E-state index in [9.17, 15) is 24.5 Å². The summed E-state index contributed by atoms with van der Waals surface area (Å²) in [6, 6.07) is 18.1. The lowest BCUT2D eigenvalue weighted by molar-refractivity contribution is -0.384. The van der Waals surface area contributed by atoms with Crippen LogP contribution in [-0.4, -0.2) is 54.4 Å². The highest BCUT2D eigenvalue weighted by Crippen LogP contribution is 2.30. The smallest absolute Gasteiger partial charge is 0.270 e. The number of imide groups is 1. The molecule has 0 saturated carbocycles. The number of nitro benzene ring substituents is 1. The number of nitro groups is 1. The number of amides is 3. The molecular formula is C27H25N3O7. The van der Waals surface area contributed by atoms with E-state index in [2.05, 4.69) is 0 Å². The Labute approximate surface area is 213 Å². The molecule has 0 radical (unpaired) electrons. The Bertz CT molecular complexity index is 1340. The fraction of sp³-hybridized carbons (Fsp3) is 0.222. The second-order valence-electron chi connectivity index (χ2n) is 8.37. The van der Waals surface area contributed by atoms with Crippen LogP contribution >= 0.6 is 0 Å². The number of nitrogens with zero attached hydrogens (tertiary/aromatic N) is 3. The quantitative estimate of drug-likeness (QED) is 0.248. The van der Waals surface area contributed by atoms with Gasteiger partial charge in [-0.15, -0.1) is 0 Å². The van der Waals surface area contributed by atoms with Crippen LogP contribution in [0.1, 0.15) is 22.3 Å². The van der Waals surface area contributed by atoms with Gasteiger partial charge in [-0.3, -0.25) is 24.5 Å². The van der Waals surface area contributed by atoms with Gasteiger partial charge < -0.3 is 14.4 Å². The fourth-order valence-electron chi connectivity index (χ4n) is 4.31. The number of methoxy groups -OCH3 is 2. The zero-order valence-corrected chi connectivity index (χ0v) is 20.3. The van der Waals surface area contributed by atoms with Gasteiger partial charge in [-0.1, -0.05) is 30.3 Å². The first-order chi connectivity index (χ1) is 17.8. The highest BCUT2D eigenvalue weighted by Gasteiger charge is 2.44. The molecule has 1 saturated heterocycles.